The summed E-state index contributed by atoms with van der Waals surface area (Å²) in [5.74, 6) is 0. The molecule has 0 bridgehead atoms. The van der Waals surface area contributed by atoms with Crippen LogP contribution in [0.2, 0.25) is 0 Å². The van der Waals surface area contributed by atoms with Gasteiger partial charge in [-0.2, -0.15) is 0 Å². The molecule has 0 spiro atoms. The molecule has 5 heavy (non-hydrogen) atoms. The van der Waals surface area contributed by atoms with Crippen molar-refractivity contribution < 1.29 is 17.2 Å². The van der Waals surface area contributed by atoms with E-state index in [1.807, 2.05) is 6.79 Å². The molecule has 0 aliphatic rings. The second-order valence-electron chi connectivity index (χ2n) is 0. The number of halogens is 1. The van der Waals surface area contributed by atoms with E-state index < -0.39 is 0 Å². The molecule has 0 aromatic rings. The van der Waals surface area contributed by atoms with E-state index in [1.165, 1.54) is 0 Å². The van der Waals surface area contributed by atoms with Gasteiger partial charge < -0.3 is 17.2 Å². The number of hydrogen-bond donors (Lipinski definition) is 0. The fourth-order valence-corrected chi connectivity index (χ4v) is 0. The third-order valence-electron chi connectivity index (χ3n) is 0. The zero-order chi connectivity index (χ0) is 2.00. The van der Waals surface area contributed by atoms with Crippen LogP contribution in [0.15, 0.2) is 0 Å². The molecule has 0 saturated heterocycles. The van der Waals surface area contributed by atoms with Crippen LogP contribution < -0.4 is 12.4 Å². The van der Waals surface area contributed by atoms with Crippen LogP contribution in [-0.4, -0.2) is 36.3 Å². The van der Waals surface area contributed by atoms with Gasteiger partial charge in [-0.05, 0) is 9.90 Å². The second kappa shape index (κ2) is 53.8. The molecular weight excluding hydrogens is 117 g/mol. The minimum absolute atomic E-state index is 0. The Morgan fingerprint density at radius 3 is 1.20 bits per heavy atom. The van der Waals surface area contributed by atoms with Gasteiger partial charge in [0.05, 0.1) is 0 Å². The molecule has 0 fully saturated rings. The van der Waals surface area contributed by atoms with E-state index in [0.29, 0.717) is 0 Å². The van der Waals surface area contributed by atoms with Crippen LogP contribution in [0.1, 0.15) is 0 Å². The Labute approximate surface area is 63.2 Å². The van der Waals surface area contributed by atoms with Gasteiger partial charge in [0.25, 0.3) is 0 Å². The summed E-state index contributed by atoms with van der Waals surface area (Å²) in [7, 11) is 0. The van der Waals surface area contributed by atoms with Crippen molar-refractivity contribution in [2.75, 3.05) is 0 Å². The van der Waals surface area contributed by atoms with Gasteiger partial charge in [-0.25, -0.2) is 0 Å². The van der Waals surface area contributed by atoms with Crippen molar-refractivity contribution in [3.63, 3.8) is 0 Å². The zero-order valence-corrected chi connectivity index (χ0v) is 8.25. The summed E-state index contributed by atoms with van der Waals surface area (Å²) in [5.41, 5.74) is 0. The van der Waals surface area contributed by atoms with Crippen LogP contribution in [0.5, 0.6) is 0 Å². The average Bonchev–Trinajstić information content (AvgIpc) is 1.00. The Morgan fingerprint density at radius 2 is 1.20 bits per heavy atom. The fourth-order valence-electron chi connectivity index (χ4n) is 0. The van der Waals surface area contributed by atoms with E-state index in [2.05, 4.69) is 0 Å². The number of carbonyl (C=O) groups is 1. The van der Waals surface area contributed by atoms with Gasteiger partial charge in [0.2, 0.25) is 0 Å². The summed E-state index contributed by atoms with van der Waals surface area (Å²) < 4.78 is 0. The molecule has 0 amide bonds. The van der Waals surface area contributed by atoms with E-state index in [1.54, 1.807) is 0 Å². The molecule has 0 heterocycles. The monoisotopic (exact) mass is 123 g/mol. The summed E-state index contributed by atoms with van der Waals surface area (Å²) in [6.45, 7) is 2.00. The average molecular weight is 123 g/mol. The van der Waals surface area contributed by atoms with Gasteiger partial charge >= 0.3 is 0 Å². The van der Waals surface area contributed by atoms with Crippen molar-refractivity contribution in [1.82, 2.24) is 0 Å². The van der Waals surface area contributed by atoms with Crippen LogP contribution in [0.4, 0.5) is 0 Å². The molecular formula is CH6ClNaOP. The second-order valence-corrected chi connectivity index (χ2v) is 0. The first kappa shape index (κ1) is 32.5. The van der Waals surface area contributed by atoms with Crippen molar-refractivity contribution >= 4 is 46.2 Å². The SMILES string of the molecule is C=O.[Cl-].[Na].[PH4+]. The van der Waals surface area contributed by atoms with Crippen LogP contribution in [0.25, 0.3) is 0 Å². The first-order valence-corrected chi connectivity index (χ1v) is 0.289. The fraction of sp³-hybridized carbons (Fsp3) is 0. The summed E-state index contributed by atoms with van der Waals surface area (Å²) in [6, 6.07) is 0. The van der Waals surface area contributed by atoms with E-state index in [4.69, 9.17) is 4.79 Å². The van der Waals surface area contributed by atoms with Crippen molar-refractivity contribution in [2.24, 2.45) is 0 Å². The van der Waals surface area contributed by atoms with Gasteiger partial charge in [0.15, 0.2) is 0 Å². The number of hydrogen-bond acceptors (Lipinski definition) is 1. The smallest absolute Gasteiger partial charge is 0.106 e. The summed E-state index contributed by atoms with van der Waals surface area (Å²) in [6.07, 6.45) is 0. The van der Waals surface area contributed by atoms with E-state index >= 15 is 0 Å². The largest absolute Gasteiger partial charge is 1.00 e. The molecule has 0 aliphatic carbocycles. The summed E-state index contributed by atoms with van der Waals surface area (Å²) >= 11 is 0. The summed E-state index contributed by atoms with van der Waals surface area (Å²) in [4.78, 5) is 8.00. The van der Waals surface area contributed by atoms with E-state index in [0.717, 1.165) is 0 Å². The summed E-state index contributed by atoms with van der Waals surface area (Å²) in [5, 5.41) is 0. The minimum Gasteiger partial charge on any atom is -1.00 e. The molecule has 0 rings (SSSR count). The Bertz CT molecular complexity index is 11.6. The van der Waals surface area contributed by atoms with Crippen molar-refractivity contribution in [1.29, 1.82) is 0 Å². The molecule has 1 radical (unpaired) electrons. The van der Waals surface area contributed by atoms with Gasteiger partial charge in [-0.1, -0.05) is 0 Å². The van der Waals surface area contributed by atoms with Crippen molar-refractivity contribution in [2.45, 2.75) is 0 Å². The molecule has 1 unspecified atom stereocenters. The van der Waals surface area contributed by atoms with Gasteiger partial charge in [-0.3, -0.25) is 0 Å². The van der Waals surface area contributed by atoms with Crippen molar-refractivity contribution in [3.8, 4) is 0 Å². The topological polar surface area (TPSA) is 17.1 Å². The third kappa shape index (κ3) is 32.1. The standard InChI is InChI=1S/CH2O.ClH.Na.H3P/c1-2;;;/h1H2;1H;;1H3. The minimum atomic E-state index is 0. The molecule has 1 nitrogen and oxygen atoms in total. The normalized spacial score (nSPS) is 0.800. The molecule has 29 valence electrons. The maximum Gasteiger partial charge on any atom is 0.106 e. The Morgan fingerprint density at radius 1 is 1.20 bits per heavy atom. The van der Waals surface area contributed by atoms with Crippen LogP contribution in [-0.2, 0) is 4.79 Å². The maximum atomic E-state index is 8.00. The first-order chi connectivity index (χ1) is 1.00. The molecule has 1 atom stereocenters. The van der Waals surface area contributed by atoms with Gasteiger partial charge in [-0.15, -0.1) is 0 Å². The molecule has 0 N–H and O–H groups in total. The molecule has 0 aliphatic heterocycles. The number of rotatable bonds is 0. The predicted octanol–water partition coefficient (Wildman–Crippen LogP) is -3.77. The van der Waals surface area contributed by atoms with E-state index in [9.17, 15) is 0 Å². The van der Waals surface area contributed by atoms with Crippen molar-refractivity contribution in [3.05, 3.63) is 0 Å². The first-order valence-electron chi connectivity index (χ1n) is 0.289. The zero-order valence-electron chi connectivity index (χ0n) is 3.49. The number of carbonyl (C=O) groups excluding carboxylic acids is 1. The molecule has 4 heteroatoms. The third-order valence-corrected chi connectivity index (χ3v) is 0. The maximum absolute atomic E-state index is 8.00. The predicted molar refractivity (Wildman–Crippen MR) is 25.4 cm³/mol. The van der Waals surface area contributed by atoms with Crippen LogP contribution in [0.3, 0.4) is 0 Å². The van der Waals surface area contributed by atoms with Gasteiger partial charge in [0.1, 0.15) is 6.79 Å². The van der Waals surface area contributed by atoms with E-state index in [-0.39, 0.29) is 51.9 Å². The molecule has 0 saturated carbocycles. The Hall–Kier alpha value is 1.39. The molecule has 0 aromatic carbocycles. The molecule has 0 aromatic heterocycles. The van der Waals surface area contributed by atoms with Crippen LogP contribution in [0, 0.1) is 0 Å². The quantitative estimate of drug-likeness (QED) is 0.239. The van der Waals surface area contributed by atoms with Gasteiger partial charge in [0, 0.05) is 29.6 Å². The Balaban J connectivity index is -0.00000000167. The van der Waals surface area contributed by atoms with Crippen LogP contribution >= 0.6 is 9.90 Å². The Kier molecular flexibility index (Phi) is 349.